The first-order valence-corrected chi connectivity index (χ1v) is 18.3. The maximum absolute atomic E-state index is 5.88. The number of fused-ring (bicyclic) bond motifs is 1. The van der Waals surface area contributed by atoms with Crippen LogP contribution in [-0.4, -0.2) is 26.2 Å². The number of hydrogen-bond acceptors (Lipinski definition) is 3. The molecule has 0 fully saturated rings. The quantitative estimate of drug-likeness (QED) is 0.0801. The third-order valence-corrected chi connectivity index (χ3v) is 13.1. The van der Waals surface area contributed by atoms with Gasteiger partial charge in [-0.25, -0.2) is 0 Å². The van der Waals surface area contributed by atoms with Gasteiger partial charge in [0.25, 0.3) is 0 Å². The minimum absolute atomic E-state index is 0.330. The van der Waals surface area contributed by atoms with Crippen molar-refractivity contribution in [3.05, 3.63) is 115 Å². The Morgan fingerprint density at radius 1 is 0.488 bits per heavy atom. The van der Waals surface area contributed by atoms with Crippen LogP contribution in [0, 0.1) is 0 Å². The van der Waals surface area contributed by atoms with Crippen LogP contribution in [0.2, 0.25) is 0 Å². The van der Waals surface area contributed by atoms with E-state index < -0.39 is 7.26 Å². The van der Waals surface area contributed by atoms with Crippen LogP contribution in [-0.2, 0) is 11.2 Å². The van der Waals surface area contributed by atoms with Crippen LogP contribution in [0.3, 0.4) is 0 Å². The Kier molecular flexibility index (Phi) is 12.5. The molecule has 0 radical (unpaired) electrons. The lowest BCUT2D eigenvalue weighted by molar-refractivity contribution is 0.132. The number of ether oxygens (including phenoxy) is 3. The summed E-state index contributed by atoms with van der Waals surface area (Å²) in [6.45, 7) is 1.96. The molecule has 0 N–H and O–H groups in total. The van der Waals surface area contributed by atoms with Gasteiger partial charge in [-0.2, -0.15) is 0 Å². The minimum Gasteiger partial charge on any atom is -0.454 e. The summed E-state index contributed by atoms with van der Waals surface area (Å²) < 4.78 is 16.7. The molecule has 1 heterocycles. The van der Waals surface area contributed by atoms with E-state index in [0.29, 0.717) is 6.79 Å². The normalized spacial score (nSPS) is 12.5. The number of rotatable bonds is 19. The molecule has 4 aromatic rings. The van der Waals surface area contributed by atoms with Crippen molar-refractivity contribution in [1.82, 2.24) is 0 Å². The maximum Gasteiger partial charge on any atom is 0.231 e. The smallest absolute Gasteiger partial charge is 0.231 e. The van der Waals surface area contributed by atoms with Gasteiger partial charge in [-0.1, -0.05) is 106 Å². The zero-order chi connectivity index (χ0) is 29.4. The highest BCUT2D eigenvalue weighted by Crippen LogP contribution is 2.56. The molecule has 0 saturated heterocycles. The van der Waals surface area contributed by atoms with Gasteiger partial charge in [0.05, 0.1) is 12.8 Å². The predicted octanol–water partition coefficient (Wildman–Crippen LogP) is 8.87. The average molecular weight is 596 g/mol. The van der Waals surface area contributed by atoms with Gasteiger partial charge in [0.2, 0.25) is 6.79 Å². The van der Waals surface area contributed by atoms with E-state index >= 15 is 0 Å². The van der Waals surface area contributed by atoms with Crippen molar-refractivity contribution < 1.29 is 14.2 Å². The summed E-state index contributed by atoms with van der Waals surface area (Å²) in [6.07, 6.45) is 15.3. The van der Waals surface area contributed by atoms with E-state index in [1.54, 1.807) is 0 Å². The Hall–Kier alpha value is -3.13. The van der Waals surface area contributed by atoms with Gasteiger partial charge >= 0.3 is 0 Å². The lowest BCUT2D eigenvalue weighted by Gasteiger charge is -2.27. The van der Waals surface area contributed by atoms with Crippen molar-refractivity contribution in [2.24, 2.45) is 0 Å². The number of benzene rings is 4. The highest BCUT2D eigenvalue weighted by Gasteiger charge is 2.44. The molecule has 5 rings (SSSR count). The molecule has 4 aromatic carbocycles. The fourth-order valence-corrected chi connectivity index (χ4v) is 10.6. The van der Waals surface area contributed by atoms with E-state index in [1.165, 1.54) is 85.4 Å². The Balaban J connectivity index is 0.952. The molecule has 4 heteroatoms. The van der Waals surface area contributed by atoms with Crippen LogP contribution in [0.5, 0.6) is 11.5 Å². The van der Waals surface area contributed by atoms with Crippen LogP contribution < -0.4 is 25.4 Å². The Morgan fingerprint density at radius 2 is 0.977 bits per heavy atom. The monoisotopic (exact) mass is 595 g/mol. The predicted molar refractivity (Wildman–Crippen MR) is 183 cm³/mol. The van der Waals surface area contributed by atoms with E-state index in [0.717, 1.165) is 37.6 Å². The topological polar surface area (TPSA) is 27.7 Å². The van der Waals surface area contributed by atoms with Gasteiger partial charge in [0, 0.05) is 6.61 Å². The molecule has 0 aromatic heterocycles. The average Bonchev–Trinajstić information content (AvgIpc) is 3.54. The van der Waals surface area contributed by atoms with Crippen LogP contribution in [0.15, 0.2) is 109 Å². The van der Waals surface area contributed by atoms with Crippen molar-refractivity contribution in [2.75, 3.05) is 26.2 Å². The molecule has 0 aliphatic carbocycles. The first-order chi connectivity index (χ1) is 21.4. The van der Waals surface area contributed by atoms with Gasteiger partial charge in [0.1, 0.15) is 23.2 Å². The van der Waals surface area contributed by atoms with E-state index in [-0.39, 0.29) is 0 Å². The number of hydrogen-bond donors (Lipinski definition) is 0. The lowest BCUT2D eigenvalue weighted by Crippen LogP contribution is -2.33. The summed E-state index contributed by atoms with van der Waals surface area (Å²) in [5, 5.41) is 4.51. The van der Waals surface area contributed by atoms with E-state index in [2.05, 4.69) is 103 Å². The zero-order valence-electron chi connectivity index (χ0n) is 25.7. The van der Waals surface area contributed by atoms with Crippen LogP contribution in [0.25, 0.3) is 0 Å². The van der Waals surface area contributed by atoms with Gasteiger partial charge < -0.3 is 14.2 Å². The third-order valence-electron chi connectivity index (χ3n) is 8.60. The van der Waals surface area contributed by atoms with E-state index in [9.17, 15) is 0 Å². The van der Waals surface area contributed by atoms with Gasteiger partial charge in [0.15, 0.2) is 11.5 Å². The second-order valence-electron chi connectivity index (χ2n) is 11.6. The van der Waals surface area contributed by atoms with Crippen LogP contribution >= 0.6 is 7.26 Å². The first-order valence-electron chi connectivity index (χ1n) is 16.4. The fraction of sp³-hybridized carbons (Fsp3) is 0.385. The van der Waals surface area contributed by atoms with Crippen LogP contribution in [0.1, 0.15) is 69.8 Å². The first kappa shape index (κ1) is 31.3. The fourth-order valence-electron chi connectivity index (χ4n) is 6.24. The molecule has 43 heavy (non-hydrogen) atoms. The standard InChI is InChI=1S/C39H48O3P/c1(3-5-7-18-29-40-30-28-34-26-27-38-39(32-34)42-33-41-38)2-4-6-8-19-31-43(35-20-12-9-13-21-35,36-22-14-10-15-23-36)37-24-16-11-17-25-37/h9-17,20-27,32H,1-8,18-19,28-31,33H2/q+1. The summed E-state index contributed by atoms with van der Waals surface area (Å²) in [4.78, 5) is 0. The largest absolute Gasteiger partial charge is 0.454 e. The maximum atomic E-state index is 5.88. The molecular weight excluding hydrogens is 547 g/mol. The van der Waals surface area contributed by atoms with Gasteiger partial charge in [-0.05, 0) is 79.8 Å². The molecule has 0 spiro atoms. The minimum atomic E-state index is -1.68. The molecule has 226 valence electrons. The molecule has 1 aliphatic rings. The second-order valence-corrected chi connectivity index (χ2v) is 15.2. The highest BCUT2D eigenvalue weighted by molar-refractivity contribution is 7.95. The molecule has 0 atom stereocenters. The Morgan fingerprint density at radius 3 is 1.53 bits per heavy atom. The number of unbranched alkanes of at least 4 members (excludes halogenated alkanes) is 9. The Bertz CT molecular complexity index is 1230. The molecule has 0 saturated carbocycles. The highest BCUT2D eigenvalue weighted by atomic mass is 31.2. The molecule has 0 unspecified atom stereocenters. The molecule has 0 bridgehead atoms. The summed E-state index contributed by atoms with van der Waals surface area (Å²) in [5.74, 6) is 1.70. The van der Waals surface area contributed by atoms with Crippen molar-refractivity contribution in [1.29, 1.82) is 0 Å². The van der Waals surface area contributed by atoms with E-state index in [1.807, 2.05) is 6.07 Å². The molecule has 0 amide bonds. The van der Waals surface area contributed by atoms with Gasteiger partial charge in [-0.15, -0.1) is 0 Å². The zero-order valence-corrected chi connectivity index (χ0v) is 26.6. The Labute approximate surface area is 259 Å². The molecular formula is C39H48O3P+. The lowest BCUT2D eigenvalue weighted by atomic mass is 10.1. The van der Waals surface area contributed by atoms with Crippen molar-refractivity contribution in [3.8, 4) is 11.5 Å². The SMILES string of the molecule is c1ccc([P+](CCCCCCCCCCCCOCCc2ccc3c(c2)OCO3)(c2ccccc2)c2ccccc2)cc1. The van der Waals surface area contributed by atoms with Crippen molar-refractivity contribution in [3.63, 3.8) is 0 Å². The van der Waals surface area contributed by atoms with E-state index in [4.69, 9.17) is 14.2 Å². The summed E-state index contributed by atoms with van der Waals surface area (Å²) in [6, 6.07) is 40.1. The van der Waals surface area contributed by atoms with Crippen molar-refractivity contribution in [2.45, 2.75) is 70.6 Å². The second kappa shape index (κ2) is 17.2. The van der Waals surface area contributed by atoms with Gasteiger partial charge in [-0.3, -0.25) is 0 Å². The summed E-state index contributed by atoms with van der Waals surface area (Å²) in [5.41, 5.74) is 1.24. The van der Waals surface area contributed by atoms with Crippen LogP contribution in [0.4, 0.5) is 0 Å². The molecule has 3 nitrogen and oxygen atoms in total. The summed E-state index contributed by atoms with van der Waals surface area (Å²) >= 11 is 0. The van der Waals surface area contributed by atoms with Crippen molar-refractivity contribution >= 4 is 23.2 Å². The molecule has 1 aliphatic heterocycles. The third kappa shape index (κ3) is 8.94. The summed E-state index contributed by atoms with van der Waals surface area (Å²) in [7, 11) is -1.68.